The fourth-order valence-corrected chi connectivity index (χ4v) is 13.4. The summed E-state index contributed by atoms with van der Waals surface area (Å²) in [6, 6.07) is 65.3. The van der Waals surface area contributed by atoms with Crippen LogP contribution in [0, 0.1) is 0 Å². The first-order chi connectivity index (χ1) is 34.6. The molecule has 0 saturated carbocycles. The molecule has 0 aliphatic heterocycles. The molecule has 71 heavy (non-hydrogen) atoms. The number of rotatable bonds is 14. The zero-order chi connectivity index (χ0) is 48.5. The lowest BCUT2D eigenvalue weighted by Crippen LogP contribution is -2.25. The summed E-state index contributed by atoms with van der Waals surface area (Å²) in [5.41, 5.74) is 26.7. The van der Waals surface area contributed by atoms with Crippen LogP contribution in [0.1, 0.15) is 139 Å². The smallest absolute Gasteiger partial charge is 0.0780 e. The third-order valence-electron chi connectivity index (χ3n) is 17.3. The molecule has 0 unspecified atom stereocenters. The first-order valence-electron chi connectivity index (χ1n) is 26.9. The fraction of sp³-hybridized carbons (Fsp3) is 0.271. The van der Waals surface area contributed by atoms with E-state index in [4.69, 9.17) is 4.98 Å². The highest BCUT2D eigenvalue weighted by Crippen LogP contribution is 2.57. The molecule has 1 aromatic heterocycles. The summed E-state index contributed by atoms with van der Waals surface area (Å²) in [4.78, 5) is 4.85. The summed E-state index contributed by atoms with van der Waals surface area (Å²) in [7, 11) is 0. The van der Waals surface area contributed by atoms with E-state index in [1.54, 1.807) is 11.1 Å². The van der Waals surface area contributed by atoms with Gasteiger partial charge < -0.3 is 0 Å². The summed E-state index contributed by atoms with van der Waals surface area (Å²) < 4.78 is 0. The normalized spacial score (nSPS) is 15.0. The number of benzene rings is 8. The molecule has 1 nitrogen and oxygen atoms in total. The molecule has 352 valence electrons. The van der Waals surface area contributed by atoms with Gasteiger partial charge >= 0.3 is 0 Å². The second-order valence-electron chi connectivity index (χ2n) is 22.3. The zero-order valence-electron chi connectivity index (χ0n) is 42.8. The molecule has 9 aromatic rings. The Labute approximate surface area is 423 Å². The highest BCUT2D eigenvalue weighted by Gasteiger charge is 2.43. The second kappa shape index (κ2) is 17.8. The highest BCUT2D eigenvalue weighted by atomic mass is 14.7. The average Bonchev–Trinajstić information content (AvgIpc) is 3.91. The van der Waals surface area contributed by atoms with Crippen molar-refractivity contribution in [3.8, 4) is 78.0 Å². The second-order valence-corrected chi connectivity index (χ2v) is 22.3. The van der Waals surface area contributed by atoms with Crippen molar-refractivity contribution in [1.82, 2.24) is 4.98 Å². The van der Waals surface area contributed by atoms with Crippen LogP contribution in [0.5, 0.6) is 0 Å². The Morgan fingerprint density at radius 2 is 0.761 bits per heavy atom. The number of fused-ring (bicyclic) bond motifs is 10. The van der Waals surface area contributed by atoms with Gasteiger partial charge in [0.15, 0.2) is 0 Å². The van der Waals surface area contributed by atoms with Gasteiger partial charge in [0.25, 0.3) is 0 Å². The maximum atomic E-state index is 4.85. The number of aromatic nitrogens is 1. The Morgan fingerprint density at radius 3 is 1.28 bits per heavy atom. The van der Waals surface area contributed by atoms with Crippen molar-refractivity contribution in [2.24, 2.45) is 0 Å². The molecule has 8 aromatic carbocycles. The molecule has 0 saturated heterocycles. The molecule has 1 heterocycles. The number of pyridine rings is 1. The summed E-state index contributed by atoms with van der Waals surface area (Å²) >= 11 is 0. The minimum atomic E-state index is -0.155. The van der Waals surface area contributed by atoms with E-state index >= 15 is 0 Å². The Kier molecular flexibility index (Phi) is 11.4. The van der Waals surface area contributed by atoms with E-state index in [9.17, 15) is 0 Å². The van der Waals surface area contributed by atoms with Crippen molar-refractivity contribution in [3.63, 3.8) is 0 Å². The van der Waals surface area contributed by atoms with Crippen LogP contribution in [0.15, 0.2) is 176 Å². The molecule has 0 bridgehead atoms. The fourth-order valence-electron chi connectivity index (χ4n) is 13.4. The third-order valence-corrected chi connectivity index (χ3v) is 17.3. The van der Waals surface area contributed by atoms with Crippen molar-refractivity contribution in [1.29, 1.82) is 0 Å². The van der Waals surface area contributed by atoms with Gasteiger partial charge in [-0.1, -0.05) is 220 Å². The van der Waals surface area contributed by atoms with Gasteiger partial charge in [-0.3, -0.25) is 4.98 Å². The average molecular weight is 922 g/mol. The number of hydrogen-bond donors (Lipinski definition) is 0. The number of nitrogens with zero attached hydrogens (tertiary/aromatic N) is 1. The van der Waals surface area contributed by atoms with E-state index in [1.807, 2.05) is 6.20 Å². The maximum Gasteiger partial charge on any atom is 0.0780 e. The van der Waals surface area contributed by atoms with Crippen molar-refractivity contribution in [2.75, 3.05) is 0 Å². The van der Waals surface area contributed by atoms with Crippen LogP contribution in [0.4, 0.5) is 0 Å². The van der Waals surface area contributed by atoms with Crippen LogP contribution in [-0.4, -0.2) is 4.98 Å². The Morgan fingerprint density at radius 1 is 0.338 bits per heavy atom. The Hall–Kier alpha value is -6.83. The molecule has 0 spiro atoms. The van der Waals surface area contributed by atoms with Crippen LogP contribution in [0.25, 0.3) is 88.8 Å². The molecule has 0 atom stereocenters. The van der Waals surface area contributed by atoms with Gasteiger partial charge in [0.1, 0.15) is 0 Å². The molecule has 1 heteroatoms. The monoisotopic (exact) mass is 922 g/mol. The molecular formula is C70H67N. The molecule has 0 radical (unpaired) electrons. The van der Waals surface area contributed by atoms with E-state index in [-0.39, 0.29) is 16.2 Å². The third kappa shape index (κ3) is 7.45. The van der Waals surface area contributed by atoms with Crippen LogP contribution in [0.2, 0.25) is 0 Å². The summed E-state index contributed by atoms with van der Waals surface area (Å²) in [6.07, 6.45) is 14.8. The number of hydrogen-bond acceptors (Lipinski definition) is 1. The van der Waals surface area contributed by atoms with Gasteiger partial charge in [-0.05, 0) is 161 Å². The summed E-state index contributed by atoms with van der Waals surface area (Å²) in [6.45, 7) is 14.4. The largest absolute Gasteiger partial charge is 0.256 e. The van der Waals surface area contributed by atoms with E-state index in [0.717, 1.165) is 11.3 Å². The van der Waals surface area contributed by atoms with E-state index < -0.39 is 0 Å². The van der Waals surface area contributed by atoms with Crippen molar-refractivity contribution in [3.05, 3.63) is 209 Å². The van der Waals surface area contributed by atoms with Gasteiger partial charge in [-0.2, -0.15) is 0 Å². The molecule has 12 rings (SSSR count). The summed E-state index contributed by atoms with van der Waals surface area (Å²) in [5, 5.41) is 2.39. The van der Waals surface area contributed by atoms with E-state index in [1.165, 1.54) is 164 Å². The Bertz CT molecular complexity index is 3510. The van der Waals surface area contributed by atoms with Crippen LogP contribution in [-0.2, 0) is 16.2 Å². The molecule has 0 fully saturated rings. The lowest BCUT2D eigenvalue weighted by molar-refractivity contribution is 0.401. The molecule has 0 N–H and O–H groups in total. The SMILES string of the molecule is CCCCCCC1(CCCCCC)c2ccccc2-c2ccc(-c3ccc4c(c3)C(C)(C)c3cc(-c5ccc6c(c5)C(C)(C)c5cc(-c7cccc(-c8nccc9ccccc89)c7)ccc5-6)ccc3-4)cc21. The van der Waals surface area contributed by atoms with E-state index in [2.05, 4.69) is 211 Å². The van der Waals surface area contributed by atoms with Gasteiger partial charge in [-0.15, -0.1) is 0 Å². The molecule has 0 amide bonds. The van der Waals surface area contributed by atoms with Gasteiger partial charge in [0.2, 0.25) is 0 Å². The standard InChI is InChI=1S/C70H67N/c1-7-9-11-17-37-70(38-18-12-10-8-2)61-25-16-15-24-55(61)60-35-30-52(45-66(60)70)51-29-34-59-58-33-28-50(43-64(58)69(5,6)65(59)44-51)49-27-32-57-56-31-26-48(41-62(56)68(3,4)63(57)42-49)47-21-19-22-53(40-47)67-54-23-14-13-20-46(54)36-39-71-67/h13-16,19-36,39-45H,7-12,17-18,37-38H2,1-6H3. The minimum absolute atomic E-state index is 0.0778. The topological polar surface area (TPSA) is 12.9 Å². The van der Waals surface area contributed by atoms with Crippen LogP contribution >= 0.6 is 0 Å². The predicted octanol–water partition coefficient (Wildman–Crippen LogP) is 19.7. The summed E-state index contributed by atoms with van der Waals surface area (Å²) in [5.74, 6) is 0. The Balaban J connectivity index is 0.842. The van der Waals surface area contributed by atoms with Crippen molar-refractivity contribution >= 4 is 10.8 Å². The zero-order valence-corrected chi connectivity index (χ0v) is 42.8. The molecule has 3 aliphatic carbocycles. The van der Waals surface area contributed by atoms with Crippen LogP contribution in [0.3, 0.4) is 0 Å². The van der Waals surface area contributed by atoms with Crippen molar-refractivity contribution < 1.29 is 0 Å². The molecule has 3 aliphatic rings. The lowest BCUT2D eigenvalue weighted by Gasteiger charge is -2.33. The quantitative estimate of drug-likeness (QED) is 0.0991. The first kappa shape index (κ1) is 45.3. The first-order valence-corrected chi connectivity index (χ1v) is 26.9. The van der Waals surface area contributed by atoms with E-state index in [0.29, 0.717) is 0 Å². The molecular weight excluding hydrogens is 855 g/mol. The highest BCUT2D eigenvalue weighted by molar-refractivity contribution is 5.96. The van der Waals surface area contributed by atoms with Gasteiger partial charge in [-0.25, -0.2) is 0 Å². The van der Waals surface area contributed by atoms with Crippen LogP contribution < -0.4 is 0 Å². The predicted molar refractivity (Wildman–Crippen MR) is 302 cm³/mol. The van der Waals surface area contributed by atoms with Gasteiger partial charge in [0, 0.05) is 33.4 Å². The van der Waals surface area contributed by atoms with Crippen molar-refractivity contribution in [2.45, 2.75) is 122 Å². The maximum absolute atomic E-state index is 4.85. The van der Waals surface area contributed by atoms with Gasteiger partial charge in [0.05, 0.1) is 5.69 Å². The number of unbranched alkanes of at least 4 members (excludes halogenated alkanes) is 6. The lowest BCUT2D eigenvalue weighted by atomic mass is 9.70. The minimum Gasteiger partial charge on any atom is -0.256 e.